The van der Waals surface area contributed by atoms with E-state index in [1.807, 2.05) is 25.7 Å². The molecule has 0 aliphatic carbocycles. The molecular weight excluding hydrogens is 554 g/mol. The van der Waals surface area contributed by atoms with Crippen molar-refractivity contribution in [1.82, 2.24) is 14.1 Å². The summed E-state index contributed by atoms with van der Waals surface area (Å²) in [4.78, 5) is 15.6. The van der Waals surface area contributed by atoms with Crippen molar-refractivity contribution in [3.05, 3.63) is 75.7 Å². The van der Waals surface area contributed by atoms with Crippen molar-refractivity contribution in [1.29, 1.82) is 0 Å². The zero-order chi connectivity index (χ0) is 28.9. The van der Waals surface area contributed by atoms with Crippen LogP contribution in [0.5, 0.6) is 5.75 Å². The number of piperazine rings is 1. The van der Waals surface area contributed by atoms with Crippen LogP contribution in [0.3, 0.4) is 0 Å². The summed E-state index contributed by atoms with van der Waals surface area (Å²) in [7, 11) is -3.55. The van der Waals surface area contributed by atoms with E-state index >= 15 is 0 Å². The Morgan fingerprint density at radius 2 is 1.77 bits per heavy atom. The maximum absolute atomic E-state index is 13.7. The standard InChI is InChI=1S/C28H36ClN5O5S/c1-4-38-19-28(2,3)20-39-26-25(17-31-34(27(26)35)24-10-6-8-22(29)16-24)32-11-13-33(14-12-32)40(36,37)18-21-7-5-9-23(30)15-21/h5-10,15-17H,4,11-14,18-20,30H2,1-3H3. The molecule has 0 unspecified atom stereocenters. The van der Waals surface area contributed by atoms with Gasteiger partial charge in [0, 0.05) is 48.9 Å². The highest BCUT2D eigenvalue weighted by Gasteiger charge is 2.30. The van der Waals surface area contributed by atoms with Gasteiger partial charge in [0.15, 0.2) is 0 Å². The minimum absolute atomic E-state index is 0.126. The van der Waals surface area contributed by atoms with Gasteiger partial charge in [0.05, 0.1) is 30.9 Å². The largest absolute Gasteiger partial charge is 0.486 e. The smallest absolute Gasteiger partial charge is 0.316 e. The SMILES string of the molecule is CCOCC(C)(C)COc1c(N2CCN(S(=O)(=O)Cc3cccc(N)c3)CC2)cnn(-c2cccc(Cl)c2)c1=O. The van der Waals surface area contributed by atoms with Crippen LogP contribution in [0, 0.1) is 5.41 Å². The highest BCUT2D eigenvalue weighted by molar-refractivity contribution is 7.88. The first-order valence-electron chi connectivity index (χ1n) is 13.1. The Kier molecular flexibility index (Phi) is 9.40. The van der Waals surface area contributed by atoms with E-state index in [2.05, 4.69) is 5.10 Å². The number of hydrogen-bond acceptors (Lipinski definition) is 8. The molecule has 0 radical (unpaired) electrons. The first kappa shape index (κ1) is 29.9. The highest BCUT2D eigenvalue weighted by atomic mass is 35.5. The third kappa shape index (κ3) is 7.34. The number of sulfonamides is 1. The summed E-state index contributed by atoms with van der Waals surface area (Å²) >= 11 is 6.16. The lowest BCUT2D eigenvalue weighted by Gasteiger charge is -2.36. The maximum Gasteiger partial charge on any atom is 0.316 e. The van der Waals surface area contributed by atoms with Crippen molar-refractivity contribution in [2.24, 2.45) is 5.41 Å². The van der Waals surface area contributed by atoms with Crippen LogP contribution in [0.4, 0.5) is 11.4 Å². The highest BCUT2D eigenvalue weighted by Crippen LogP contribution is 2.29. The molecule has 12 heteroatoms. The topological polar surface area (TPSA) is 120 Å². The van der Waals surface area contributed by atoms with Gasteiger partial charge in [-0.05, 0) is 42.8 Å². The van der Waals surface area contributed by atoms with Gasteiger partial charge in [-0.1, -0.05) is 43.6 Å². The molecule has 0 spiro atoms. The van der Waals surface area contributed by atoms with Crippen LogP contribution in [0.15, 0.2) is 59.5 Å². The summed E-state index contributed by atoms with van der Waals surface area (Å²) in [5.74, 6) is 0.0223. The zero-order valence-corrected chi connectivity index (χ0v) is 24.6. The third-order valence-corrected chi connectivity index (χ3v) is 8.63. The lowest BCUT2D eigenvalue weighted by atomic mass is 9.96. The first-order valence-corrected chi connectivity index (χ1v) is 15.1. The van der Waals surface area contributed by atoms with Gasteiger partial charge in [-0.3, -0.25) is 4.79 Å². The summed E-state index contributed by atoms with van der Waals surface area (Å²) in [6, 6.07) is 13.8. The van der Waals surface area contributed by atoms with Crippen LogP contribution < -0.4 is 20.9 Å². The van der Waals surface area contributed by atoms with E-state index in [9.17, 15) is 13.2 Å². The Morgan fingerprint density at radius 3 is 2.45 bits per heavy atom. The fraction of sp³-hybridized carbons (Fsp3) is 0.429. The zero-order valence-electron chi connectivity index (χ0n) is 23.0. The maximum atomic E-state index is 13.7. The molecule has 1 aliphatic rings. The molecule has 1 aliphatic heterocycles. The molecule has 216 valence electrons. The van der Waals surface area contributed by atoms with Crippen molar-refractivity contribution in [2.45, 2.75) is 26.5 Å². The molecule has 2 heterocycles. The van der Waals surface area contributed by atoms with Crippen molar-refractivity contribution in [3.63, 3.8) is 0 Å². The number of aromatic nitrogens is 2. The average molecular weight is 590 g/mol. The van der Waals surface area contributed by atoms with Crippen LogP contribution in [0.25, 0.3) is 5.69 Å². The van der Waals surface area contributed by atoms with E-state index in [0.717, 1.165) is 0 Å². The summed E-state index contributed by atoms with van der Waals surface area (Å²) in [5, 5.41) is 4.88. The lowest BCUT2D eigenvalue weighted by molar-refractivity contribution is 0.0405. The number of halogens is 1. The van der Waals surface area contributed by atoms with E-state index in [-0.39, 0.29) is 36.6 Å². The second kappa shape index (κ2) is 12.6. The lowest BCUT2D eigenvalue weighted by Crippen LogP contribution is -2.49. The quantitative estimate of drug-likeness (QED) is 0.337. The molecule has 1 saturated heterocycles. The second-order valence-corrected chi connectivity index (χ2v) is 12.9. The van der Waals surface area contributed by atoms with Gasteiger partial charge in [-0.25, -0.2) is 8.42 Å². The molecule has 1 aromatic heterocycles. The van der Waals surface area contributed by atoms with Gasteiger partial charge in [-0.15, -0.1) is 0 Å². The molecule has 3 aromatic rings. The van der Waals surface area contributed by atoms with Crippen molar-refractivity contribution in [2.75, 3.05) is 56.6 Å². The summed E-state index contributed by atoms with van der Waals surface area (Å²) in [5.41, 5.74) is 7.24. The van der Waals surface area contributed by atoms with Gasteiger partial charge in [0.25, 0.3) is 0 Å². The Hall–Kier alpha value is -3.12. The molecule has 0 saturated carbocycles. The molecule has 1 fully saturated rings. The Balaban J connectivity index is 1.57. The average Bonchev–Trinajstić information content (AvgIpc) is 2.91. The number of hydrogen-bond donors (Lipinski definition) is 1. The second-order valence-electron chi connectivity index (χ2n) is 10.5. The molecule has 0 atom stereocenters. The number of benzene rings is 2. The summed E-state index contributed by atoms with van der Waals surface area (Å²) < 4.78 is 40.7. The van der Waals surface area contributed by atoms with Gasteiger partial charge in [0.1, 0.15) is 5.69 Å². The van der Waals surface area contributed by atoms with Gasteiger partial charge < -0.3 is 20.1 Å². The Morgan fingerprint density at radius 1 is 1.05 bits per heavy atom. The number of nitrogens with two attached hydrogens (primary N) is 1. The number of ether oxygens (including phenoxy) is 2. The van der Waals surface area contributed by atoms with Crippen molar-refractivity contribution < 1.29 is 17.9 Å². The fourth-order valence-electron chi connectivity index (χ4n) is 4.46. The molecule has 0 amide bonds. The van der Waals surface area contributed by atoms with Crippen LogP contribution >= 0.6 is 11.6 Å². The molecule has 40 heavy (non-hydrogen) atoms. The van der Waals surface area contributed by atoms with E-state index in [4.69, 9.17) is 26.8 Å². The van der Waals surface area contributed by atoms with E-state index in [1.54, 1.807) is 54.7 Å². The molecule has 0 bridgehead atoms. The summed E-state index contributed by atoms with van der Waals surface area (Å²) in [6.45, 7) is 8.49. The number of anilines is 2. The van der Waals surface area contributed by atoms with Gasteiger partial charge in [-0.2, -0.15) is 14.1 Å². The first-order chi connectivity index (χ1) is 19.0. The molecular formula is C28H36ClN5O5S. The van der Waals surface area contributed by atoms with Crippen LogP contribution in [-0.2, 0) is 20.5 Å². The van der Waals surface area contributed by atoms with Gasteiger partial charge >= 0.3 is 5.56 Å². The predicted molar refractivity (Wildman–Crippen MR) is 158 cm³/mol. The molecule has 4 rings (SSSR count). The molecule has 10 nitrogen and oxygen atoms in total. The molecule has 2 N–H and O–H groups in total. The summed E-state index contributed by atoms with van der Waals surface area (Å²) in [6.07, 6.45) is 1.59. The van der Waals surface area contributed by atoms with Crippen molar-refractivity contribution in [3.8, 4) is 11.4 Å². The monoisotopic (exact) mass is 589 g/mol. The van der Waals surface area contributed by atoms with Crippen LogP contribution in [0.2, 0.25) is 5.02 Å². The van der Waals surface area contributed by atoms with E-state index in [0.29, 0.717) is 54.0 Å². The van der Waals surface area contributed by atoms with Crippen LogP contribution in [-0.4, -0.2) is 68.5 Å². The van der Waals surface area contributed by atoms with E-state index in [1.165, 1.54) is 8.99 Å². The fourth-order valence-corrected chi connectivity index (χ4v) is 6.15. The van der Waals surface area contributed by atoms with Crippen molar-refractivity contribution >= 4 is 33.0 Å². The Labute approximate surface area is 240 Å². The predicted octanol–water partition coefficient (Wildman–Crippen LogP) is 3.56. The van der Waals surface area contributed by atoms with Gasteiger partial charge in [0.2, 0.25) is 15.8 Å². The molecule has 2 aromatic carbocycles. The third-order valence-electron chi connectivity index (χ3n) is 6.54. The van der Waals surface area contributed by atoms with E-state index < -0.39 is 15.6 Å². The number of nitrogen functional groups attached to an aromatic ring is 1. The number of nitrogens with zero attached hydrogens (tertiary/aromatic N) is 4. The normalized spacial score (nSPS) is 14.8. The Bertz CT molecular complexity index is 1490. The number of rotatable bonds is 11. The minimum Gasteiger partial charge on any atom is -0.486 e. The van der Waals surface area contributed by atoms with Crippen LogP contribution in [0.1, 0.15) is 26.3 Å². The minimum atomic E-state index is -3.55.